The number of amides is 1. The van der Waals surface area contributed by atoms with Crippen molar-refractivity contribution in [2.24, 2.45) is 5.84 Å². The molecule has 0 aliphatic heterocycles. The summed E-state index contributed by atoms with van der Waals surface area (Å²) in [6.07, 6.45) is 5.18. The van der Waals surface area contributed by atoms with Crippen LogP contribution in [0.4, 0.5) is 4.79 Å². The Kier molecular flexibility index (Phi) is 7.79. The van der Waals surface area contributed by atoms with Crippen molar-refractivity contribution in [3.63, 3.8) is 0 Å². The van der Waals surface area contributed by atoms with Gasteiger partial charge in [0.05, 0.1) is 6.61 Å². The van der Waals surface area contributed by atoms with Crippen molar-refractivity contribution >= 4 is 6.09 Å². The van der Waals surface area contributed by atoms with E-state index >= 15 is 0 Å². The highest BCUT2D eigenvalue weighted by molar-refractivity contribution is 5.66. The molecule has 0 aliphatic carbocycles. The summed E-state index contributed by atoms with van der Waals surface area (Å²) < 4.78 is 4.70. The lowest BCUT2D eigenvalue weighted by Gasteiger charge is -2.02. The number of unbranched alkanes of at least 4 members (excludes halogenated alkanes) is 4. The molecule has 4 heteroatoms. The van der Waals surface area contributed by atoms with Crippen LogP contribution in [0.5, 0.6) is 0 Å². The summed E-state index contributed by atoms with van der Waals surface area (Å²) in [4.78, 5) is 10.4. The molecule has 0 aromatic carbocycles. The van der Waals surface area contributed by atoms with Gasteiger partial charge in [-0.3, -0.25) is 5.43 Å². The van der Waals surface area contributed by atoms with E-state index in [1.165, 1.54) is 19.3 Å². The standard InChI is InChI=1S/C8H18N2O2/c1-2-3-4-5-6-7-12-8(11)10-9/h2-7,9H2,1H3,(H,10,11). The van der Waals surface area contributed by atoms with Gasteiger partial charge >= 0.3 is 6.09 Å². The number of hydrogen-bond acceptors (Lipinski definition) is 3. The zero-order valence-electron chi connectivity index (χ0n) is 7.64. The van der Waals surface area contributed by atoms with Gasteiger partial charge in [0.2, 0.25) is 0 Å². The number of nitrogens with two attached hydrogens (primary N) is 1. The van der Waals surface area contributed by atoms with E-state index in [4.69, 9.17) is 10.6 Å². The normalized spacial score (nSPS) is 9.50. The highest BCUT2D eigenvalue weighted by Crippen LogP contribution is 2.01. The molecule has 72 valence electrons. The SMILES string of the molecule is CCCCCCCOC(=O)NN. The van der Waals surface area contributed by atoms with Crippen LogP contribution >= 0.6 is 0 Å². The minimum Gasteiger partial charge on any atom is -0.449 e. The van der Waals surface area contributed by atoms with E-state index in [0.717, 1.165) is 12.8 Å². The summed E-state index contributed by atoms with van der Waals surface area (Å²) in [6.45, 7) is 2.63. The lowest BCUT2D eigenvalue weighted by molar-refractivity contribution is 0.144. The summed E-state index contributed by atoms with van der Waals surface area (Å²) in [5.74, 6) is 4.81. The van der Waals surface area contributed by atoms with E-state index in [1.807, 2.05) is 5.43 Å². The van der Waals surface area contributed by atoms with Crippen molar-refractivity contribution in [2.45, 2.75) is 39.0 Å². The molecule has 12 heavy (non-hydrogen) atoms. The maximum absolute atomic E-state index is 10.4. The number of carbonyl (C=O) groups excluding carboxylic acids is 1. The third kappa shape index (κ3) is 7.34. The fraction of sp³-hybridized carbons (Fsp3) is 0.875. The molecule has 4 nitrogen and oxygen atoms in total. The van der Waals surface area contributed by atoms with Gasteiger partial charge in [-0.05, 0) is 6.42 Å². The number of hydrazine groups is 1. The molecule has 0 rings (SSSR count). The van der Waals surface area contributed by atoms with Gasteiger partial charge in [0, 0.05) is 0 Å². The first kappa shape index (κ1) is 11.2. The number of rotatable bonds is 6. The van der Waals surface area contributed by atoms with Crippen molar-refractivity contribution in [1.29, 1.82) is 0 Å². The minimum absolute atomic E-state index is 0.465. The van der Waals surface area contributed by atoms with Gasteiger partial charge in [-0.25, -0.2) is 10.6 Å². The van der Waals surface area contributed by atoms with E-state index in [1.54, 1.807) is 0 Å². The molecule has 0 atom stereocenters. The molecule has 0 spiro atoms. The molecule has 0 radical (unpaired) electrons. The van der Waals surface area contributed by atoms with Crippen LogP contribution in [0.15, 0.2) is 0 Å². The highest BCUT2D eigenvalue weighted by Gasteiger charge is 1.96. The predicted octanol–water partition coefficient (Wildman–Crippen LogP) is 1.56. The summed E-state index contributed by atoms with van der Waals surface area (Å²) in [6, 6.07) is 0. The molecular formula is C8H18N2O2. The van der Waals surface area contributed by atoms with Crippen molar-refractivity contribution < 1.29 is 9.53 Å². The number of hydrogen-bond donors (Lipinski definition) is 2. The lowest BCUT2D eigenvalue weighted by atomic mass is 10.2. The van der Waals surface area contributed by atoms with Crippen LogP contribution in [0.3, 0.4) is 0 Å². The summed E-state index contributed by atoms with van der Waals surface area (Å²) in [5, 5.41) is 0. The van der Waals surface area contributed by atoms with Gasteiger partial charge in [-0.15, -0.1) is 0 Å². The van der Waals surface area contributed by atoms with Gasteiger partial charge in [0.25, 0.3) is 0 Å². The Balaban J connectivity index is 2.95. The molecule has 0 aliphatic rings. The van der Waals surface area contributed by atoms with E-state index < -0.39 is 6.09 Å². The average Bonchev–Trinajstić information content (AvgIpc) is 2.10. The Morgan fingerprint density at radius 2 is 2.00 bits per heavy atom. The van der Waals surface area contributed by atoms with Crippen LogP contribution in [-0.2, 0) is 4.74 Å². The van der Waals surface area contributed by atoms with Gasteiger partial charge < -0.3 is 4.74 Å². The van der Waals surface area contributed by atoms with E-state index in [9.17, 15) is 4.79 Å². The van der Waals surface area contributed by atoms with Gasteiger partial charge in [0.15, 0.2) is 0 Å². The van der Waals surface area contributed by atoms with Gasteiger partial charge in [-0.1, -0.05) is 32.6 Å². The first-order valence-corrected chi connectivity index (χ1v) is 4.44. The van der Waals surface area contributed by atoms with E-state index in [2.05, 4.69) is 6.92 Å². The molecule has 0 aromatic rings. The summed E-state index contributed by atoms with van der Waals surface area (Å²) in [5.41, 5.74) is 1.91. The maximum Gasteiger partial charge on any atom is 0.421 e. The second-order valence-corrected chi connectivity index (χ2v) is 2.69. The molecule has 1 amide bonds. The Labute approximate surface area is 73.4 Å². The smallest absolute Gasteiger partial charge is 0.421 e. The van der Waals surface area contributed by atoms with Gasteiger partial charge in [-0.2, -0.15) is 0 Å². The van der Waals surface area contributed by atoms with Crippen LogP contribution < -0.4 is 11.3 Å². The van der Waals surface area contributed by atoms with Crippen molar-refractivity contribution in [3.05, 3.63) is 0 Å². The Morgan fingerprint density at radius 3 is 2.58 bits per heavy atom. The number of carbonyl (C=O) groups is 1. The highest BCUT2D eigenvalue weighted by atomic mass is 16.5. The molecule has 0 bridgehead atoms. The Morgan fingerprint density at radius 1 is 1.33 bits per heavy atom. The monoisotopic (exact) mass is 174 g/mol. The Hall–Kier alpha value is -0.770. The lowest BCUT2D eigenvalue weighted by Crippen LogP contribution is -2.30. The molecule has 0 aromatic heterocycles. The quantitative estimate of drug-likeness (QED) is 0.278. The van der Waals surface area contributed by atoms with E-state index in [-0.39, 0.29) is 0 Å². The first-order chi connectivity index (χ1) is 5.81. The maximum atomic E-state index is 10.4. The third-order valence-corrected chi connectivity index (χ3v) is 1.60. The minimum atomic E-state index is -0.550. The van der Waals surface area contributed by atoms with Crippen LogP contribution in [0.25, 0.3) is 0 Å². The Bertz CT molecular complexity index is 118. The summed E-state index contributed by atoms with van der Waals surface area (Å²) in [7, 11) is 0. The van der Waals surface area contributed by atoms with Gasteiger partial charge in [0.1, 0.15) is 0 Å². The van der Waals surface area contributed by atoms with E-state index in [0.29, 0.717) is 6.61 Å². The van der Waals surface area contributed by atoms with Crippen LogP contribution in [0.1, 0.15) is 39.0 Å². The predicted molar refractivity (Wildman–Crippen MR) is 47.4 cm³/mol. The average molecular weight is 174 g/mol. The van der Waals surface area contributed by atoms with Crippen LogP contribution in [-0.4, -0.2) is 12.7 Å². The van der Waals surface area contributed by atoms with Crippen LogP contribution in [0, 0.1) is 0 Å². The van der Waals surface area contributed by atoms with Crippen molar-refractivity contribution in [1.82, 2.24) is 5.43 Å². The zero-order chi connectivity index (χ0) is 9.23. The number of nitrogens with one attached hydrogen (secondary N) is 1. The first-order valence-electron chi connectivity index (χ1n) is 4.44. The second kappa shape index (κ2) is 8.33. The fourth-order valence-corrected chi connectivity index (χ4v) is 0.912. The molecule has 0 saturated carbocycles. The third-order valence-electron chi connectivity index (χ3n) is 1.60. The van der Waals surface area contributed by atoms with Crippen molar-refractivity contribution in [3.8, 4) is 0 Å². The molecule has 0 unspecified atom stereocenters. The fourth-order valence-electron chi connectivity index (χ4n) is 0.912. The summed E-state index contributed by atoms with van der Waals surface area (Å²) >= 11 is 0. The topological polar surface area (TPSA) is 64.3 Å². The molecular weight excluding hydrogens is 156 g/mol. The second-order valence-electron chi connectivity index (χ2n) is 2.69. The zero-order valence-corrected chi connectivity index (χ0v) is 7.64. The molecule has 0 fully saturated rings. The largest absolute Gasteiger partial charge is 0.449 e. The van der Waals surface area contributed by atoms with Crippen LogP contribution in [0.2, 0.25) is 0 Å². The molecule has 3 N–H and O–H groups in total. The number of ether oxygens (including phenoxy) is 1. The van der Waals surface area contributed by atoms with Crippen molar-refractivity contribution in [2.75, 3.05) is 6.61 Å². The molecule has 0 heterocycles. The molecule has 0 saturated heterocycles.